The Balaban J connectivity index is 1.75. The van der Waals surface area contributed by atoms with Crippen LogP contribution in [0, 0.1) is 5.82 Å². The highest BCUT2D eigenvalue weighted by Gasteiger charge is 2.04. The molecule has 0 unspecified atom stereocenters. The zero-order chi connectivity index (χ0) is 14.7. The number of anilines is 1. The number of hydrogen-bond acceptors (Lipinski definition) is 3. The van der Waals surface area contributed by atoms with Gasteiger partial charge in [0.1, 0.15) is 18.0 Å². The number of nitrogens with one attached hydrogen (secondary N) is 1. The fourth-order valence-corrected chi connectivity index (χ4v) is 2.40. The van der Waals surface area contributed by atoms with Gasteiger partial charge in [-0.2, -0.15) is 0 Å². The molecule has 3 aromatic rings. The van der Waals surface area contributed by atoms with Gasteiger partial charge in [-0.15, -0.1) is 0 Å². The summed E-state index contributed by atoms with van der Waals surface area (Å²) in [6.45, 7) is 0.684. The van der Waals surface area contributed by atoms with Crippen LogP contribution in [0.2, 0.25) is 5.02 Å². The summed E-state index contributed by atoms with van der Waals surface area (Å²) >= 11 is 5.95. The van der Waals surface area contributed by atoms with Crippen LogP contribution in [0.5, 0.6) is 0 Å². The van der Waals surface area contributed by atoms with Crippen LogP contribution >= 0.6 is 11.6 Å². The Morgan fingerprint density at radius 3 is 2.86 bits per heavy atom. The molecule has 1 aromatic heterocycles. The molecule has 3 nitrogen and oxygen atoms in total. The number of benzene rings is 2. The van der Waals surface area contributed by atoms with E-state index in [4.69, 9.17) is 11.6 Å². The summed E-state index contributed by atoms with van der Waals surface area (Å²) < 4.78 is 13.4. The minimum atomic E-state index is -0.296. The molecule has 0 fully saturated rings. The SMILES string of the molecule is Fc1ccc2ncnc(NCCc3cccc(Cl)c3)c2c1. The molecule has 2 aromatic carbocycles. The molecule has 1 N–H and O–H groups in total. The maximum absolute atomic E-state index is 13.4. The Labute approximate surface area is 126 Å². The van der Waals surface area contributed by atoms with Crippen molar-refractivity contribution in [2.24, 2.45) is 0 Å². The van der Waals surface area contributed by atoms with E-state index >= 15 is 0 Å². The molecule has 0 saturated carbocycles. The Morgan fingerprint density at radius 2 is 2.00 bits per heavy atom. The van der Waals surface area contributed by atoms with Gasteiger partial charge in [0.05, 0.1) is 5.52 Å². The Bertz CT molecular complexity index is 776. The normalized spacial score (nSPS) is 10.8. The molecule has 0 spiro atoms. The summed E-state index contributed by atoms with van der Waals surface area (Å²) in [5.74, 6) is 0.344. The lowest BCUT2D eigenvalue weighted by molar-refractivity contribution is 0.629. The van der Waals surface area contributed by atoms with E-state index in [1.807, 2.05) is 24.3 Å². The van der Waals surface area contributed by atoms with Crippen LogP contribution in [0.3, 0.4) is 0 Å². The molecule has 0 saturated heterocycles. The molecule has 0 amide bonds. The maximum Gasteiger partial charge on any atom is 0.137 e. The van der Waals surface area contributed by atoms with Gasteiger partial charge in [0.25, 0.3) is 0 Å². The third-order valence-electron chi connectivity index (χ3n) is 3.19. The van der Waals surface area contributed by atoms with Crippen molar-refractivity contribution in [2.75, 3.05) is 11.9 Å². The first-order valence-electron chi connectivity index (χ1n) is 6.61. The number of nitrogens with zero attached hydrogens (tertiary/aromatic N) is 2. The standard InChI is InChI=1S/C16H13ClFN3/c17-12-3-1-2-11(8-12)6-7-19-16-14-9-13(18)4-5-15(14)20-10-21-16/h1-5,8-10H,6-7H2,(H,19,20,21). The molecule has 0 aliphatic heterocycles. The molecule has 106 valence electrons. The van der Waals surface area contributed by atoms with Crippen molar-refractivity contribution in [2.45, 2.75) is 6.42 Å². The molecule has 0 radical (unpaired) electrons. The summed E-state index contributed by atoms with van der Waals surface area (Å²) in [6, 6.07) is 12.2. The minimum Gasteiger partial charge on any atom is -0.369 e. The first-order chi connectivity index (χ1) is 10.2. The minimum absolute atomic E-state index is 0.296. The molecule has 3 rings (SSSR count). The second kappa shape index (κ2) is 6.06. The molecule has 21 heavy (non-hydrogen) atoms. The van der Waals surface area contributed by atoms with Gasteiger partial charge in [-0.05, 0) is 42.3 Å². The Kier molecular flexibility index (Phi) is 3.97. The average Bonchev–Trinajstić information content (AvgIpc) is 2.48. The predicted octanol–water partition coefficient (Wildman–Crippen LogP) is 4.08. The molecule has 0 aliphatic carbocycles. The summed E-state index contributed by atoms with van der Waals surface area (Å²) in [5.41, 5.74) is 1.86. The smallest absolute Gasteiger partial charge is 0.137 e. The fourth-order valence-electron chi connectivity index (χ4n) is 2.19. The lowest BCUT2D eigenvalue weighted by Gasteiger charge is -2.08. The van der Waals surface area contributed by atoms with E-state index in [1.165, 1.54) is 18.5 Å². The van der Waals surface area contributed by atoms with Crippen LogP contribution in [-0.2, 0) is 6.42 Å². The fraction of sp³-hybridized carbons (Fsp3) is 0.125. The average molecular weight is 302 g/mol. The quantitative estimate of drug-likeness (QED) is 0.789. The zero-order valence-corrected chi connectivity index (χ0v) is 11.9. The maximum atomic E-state index is 13.4. The molecule has 5 heteroatoms. The summed E-state index contributed by atoms with van der Waals surface area (Å²) in [7, 11) is 0. The second-order valence-corrected chi connectivity index (χ2v) is 5.13. The van der Waals surface area contributed by atoms with Crippen LogP contribution in [0.1, 0.15) is 5.56 Å². The van der Waals surface area contributed by atoms with Gasteiger partial charge in [-0.25, -0.2) is 14.4 Å². The molecule has 0 atom stereocenters. The second-order valence-electron chi connectivity index (χ2n) is 4.69. The Hall–Kier alpha value is -2.20. The van der Waals surface area contributed by atoms with Crippen LogP contribution in [0.15, 0.2) is 48.8 Å². The highest BCUT2D eigenvalue weighted by molar-refractivity contribution is 6.30. The first-order valence-corrected chi connectivity index (χ1v) is 6.99. The number of halogens is 2. The zero-order valence-electron chi connectivity index (χ0n) is 11.2. The van der Waals surface area contributed by atoms with Crippen molar-refractivity contribution in [1.82, 2.24) is 9.97 Å². The predicted molar refractivity (Wildman–Crippen MR) is 83.1 cm³/mol. The summed E-state index contributed by atoms with van der Waals surface area (Å²) in [4.78, 5) is 8.31. The van der Waals surface area contributed by atoms with E-state index in [1.54, 1.807) is 6.07 Å². The van der Waals surface area contributed by atoms with E-state index in [2.05, 4.69) is 15.3 Å². The number of fused-ring (bicyclic) bond motifs is 1. The van der Waals surface area contributed by atoms with Crippen molar-refractivity contribution in [3.8, 4) is 0 Å². The Morgan fingerprint density at radius 1 is 1.10 bits per heavy atom. The van der Waals surface area contributed by atoms with Gasteiger partial charge in [-0.1, -0.05) is 23.7 Å². The number of hydrogen-bond donors (Lipinski definition) is 1. The van der Waals surface area contributed by atoms with Gasteiger partial charge >= 0.3 is 0 Å². The van der Waals surface area contributed by atoms with Crippen molar-refractivity contribution >= 4 is 28.3 Å². The van der Waals surface area contributed by atoms with Crippen LogP contribution in [0.25, 0.3) is 10.9 Å². The van der Waals surface area contributed by atoms with Crippen molar-refractivity contribution in [1.29, 1.82) is 0 Å². The monoisotopic (exact) mass is 301 g/mol. The molecule has 0 aliphatic rings. The third kappa shape index (κ3) is 3.28. The van der Waals surface area contributed by atoms with Gasteiger partial charge in [-0.3, -0.25) is 0 Å². The van der Waals surface area contributed by atoms with Crippen molar-refractivity contribution in [3.63, 3.8) is 0 Å². The molecular weight excluding hydrogens is 289 g/mol. The van der Waals surface area contributed by atoms with E-state index in [9.17, 15) is 4.39 Å². The van der Waals surface area contributed by atoms with E-state index in [-0.39, 0.29) is 5.82 Å². The van der Waals surface area contributed by atoms with E-state index < -0.39 is 0 Å². The van der Waals surface area contributed by atoms with E-state index in [0.29, 0.717) is 17.7 Å². The third-order valence-corrected chi connectivity index (χ3v) is 3.43. The number of aromatic nitrogens is 2. The van der Waals surface area contributed by atoms with Crippen LogP contribution in [0.4, 0.5) is 10.2 Å². The van der Waals surface area contributed by atoms with E-state index in [0.717, 1.165) is 22.5 Å². The van der Waals surface area contributed by atoms with Crippen LogP contribution < -0.4 is 5.32 Å². The molecular formula is C16H13ClFN3. The van der Waals surface area contributed by atoms with Gasteiger partial charge in [0, 0.05) is 17.0 Å². The van der Waals surface area contributed by atoms with Gasteiger partial charge in [0.2, 0.25) is 0 Å². The van der Waals surface area contributed by atoms with Crippen molar-refractivity contribution < 1.29 is 4.39 Å². The lowest BCUT2D eigenvalue weighted by atomic mass is 10.1. The lowest BCUT2D eigenvalue weighted by Crippen LogP contribution is -2.07. The summed E-state index contributed by atoms with van der Waals surface area (Å²) in [6.07, 6.45) is 2.28. The van der Waals surface area contributed by atoms with Gasteiger partial charge in [0.15, 0.2) is 0 Å². The highest BCUT2D eigenvalue weighted by Crippen LogP contribution is 2.20. The van der Waals surface area contributed by atoms with Gasteiger partial charge < -0.3 is 5.32 Å². The topological polar surface area (TPSA) is 37.8 Å². The molecule has 0 bridgehead atoms. The van der Waals surface area contributed by atoms with Crippen molar-refractivity contribution in [3.05, 3.63) is 65.2 Å². The first kappa shape index (κ1) is 13.8. The summed E-state index contributed by atoms with van der Waals surface area (Å²) in [5, 5.41) is 4.63. The largest absolute Gasteiger partial charge is 0.369 e. The number of rotatable bonds is 4. The highest BCUT2D eigenvalue weighted by atomic mass is 35.5. The van der Waals surface area contributed by atoms with Crippen LogP contribution in [-0.4, -0.2) is 16.5 Å². The molecule has 1 heterocycles.